The molecule has 1 heterocycles. The molecule has 2 fully saturated rings. The highest BCUT2D eigenvalue weighted by Crippen LogP contribution is 2.52. The predicted molar refractivity (Wildman–Crippen MR) is 106 cm³/mol. The number of nitrogens with zero attached hydrogens (tertiary/aromatic N) is 1. The number of halogens is 2. The van der Waals surface area contributed by atoms with Crippen LogP contribution >= 0.6 is 23.2 Å². The molecule has 4 nitrogen and oxygen atoms in total. The summed E-state index contributed by atoms with van der Waals surface area (Å²) in [6, 6.07) is 15.1. The largest absolute Gasteiger partial charge is 0.354 e. The number of hydrogen-bond donors (Lipinski definition) is 1. The van der Waals surface area contributed by atoms with E-state index in [1.54, 1.807) is 6.07 Å². The van der Waals surface area contributed by atoms with Crippen LogP contribution in [0.1, 0.15) is 35.9 Å². The molecule has 2 aromatic rings. The molecule has 140 valence electrons. The van der Waals surface area contributed by atoms with Gasteiger partial charge in [-0.1, -0.05) is 65.7 Å². The Morgan fingerprint density at radius 2 is 1.85 bits per heavy atom. The summed E-state index contributed by atoms with van der Waals surface area (Å²) in [5.41, 5.74) is 1.92. The Balaban J connectivity index is 1.58. The molecule has 1 saturated heterocycles. The summed E-state index contributed by atoms with van der Waals surface area (Å²) in [6.07, 6.45) is 1.04. The summed E-state index contributed by atoms with van der Waals surface area (Å²) in [4.78, 5) is 27.3. The fourth-order valence-electron chi connectivity index (χ4n) is 3.90. The molecule has 1 N–H and O–H groups in total. The zero-order valence-corrected chi connectivity index (χ0v) is 16.2. The summed E-state index contributed by atoms with van der Waals surface area (Å²) < 4.78 is 0. The minimum atomic E-state index is -0.239. The van der Waals surface area contributed by atoms with Crippen LogP contribution in [-0.4, -0.2) is 29.8 Å². The lowest BCUT2D eigenvalue weighted by Gasteiger charge is -2.30. The van der Waals surface area contributed by atoms with Gasteiger partial charge in [-0.25, -0.2) is 0 Å². The summed E-state index contributed by atoms with van der Waals surface area (Å²) in [6.45, 7) is 0.986. The molecule has 0 spiro atoms. The third-order valence-corrected chi connectivity index (χ3v) is 6.22. The number of benzene rings is 2. The van der Waals surface area contributed by atoms with Crippen molar-refractivity contribution < 1.29 is 9.59 Å². The Bertz CT molecular complexity index is 872. The van der Waals surface area contributed by atoms with Gasteiger partial charge in [0.2, 0.25) is 11.8 Å². The number of carbonyl (C=O) groups is 2. The average Bonchev–Trinajstić information content (AvgIpc) is 3.48. The third-order valence-electron chi connectivity index (χ3n) is 5.39. The van der Waals surface area contributed by atoms with Crippen molar-refractivity contribution in [1.29, 1.82) is 0 Å². The molecule has 1 saturated carbocycles. The van der Waals surface area contributed by atoms with Crippen molar-refractivity contribution >= 4 is 35.0 Å². The van der Waals surface area contributed by atoms with Gasteiger partial charge in [0.25, 0.3) is 0 Å². The summed E-state index contributed by atoms with van der Waals surface area (Å²) in [7, 11) is 0. The summed E-state index contributed by atoms with van der Waals surface area (Å²) in [5.74, 6) is 0.0400. The SMILES string of the molecule is O=C1C[C@H](c2ccccc2)N(C(=O)[C@@H]2C[C@@H]2c2cccc(Cl)c2Cl)CCN1. The van der Waals surface area contributed by atoms with Crippen molar-refractivity contribution in [2.75, 3.05) is 13.1 Å². The van der Waals surface area contributed by atoms with E-state index in [-0.39, 0.29) is 36.1 Å². The normalized spacial score (nSPS) is 24.9. The minimum absolute atomic E-state index is 0.0237. The molecule has 2 aromatic carbocycles. The van der Waals surface area contributed by atoms with Gasteiger partial charge in [-0.2, -0.15) is 0 Å². The molecule has 2 amide bonds. The van der Waals surface area contributed by atoms with Crippen molar-refractivity contribution in [3.8, 4) is 0 Å². The van der Waals surface area contributed by atoms with Crippen LogP contribution in [0.5, 0.6) is 0 Å². The van der Waals surface area contributed by atoms with Gasteiger partial charge in [-0.05, 0) is 29.5 Å². The number of nitrogens with one attached hydrogen (secondary N) is 1. The molecule has 0 bridgehead atoms. The maximum Gasteiger partial charge on any atom is 0.226 e. The van der Waals surface area contributed by atoms with Gasteiger partial charge in [0.05, 0.1) is 22.5 Å². The molecule has 2 aliphatic rings. The smallest absolute Gasteiger partial charge is 0.226 e. The van der Waals surface area contributed by atoms with Crippen molar-refractivity contribution in [2.45, 2.75) is 24.8 Å². The quantitative estimate of drug-likeness (QED) is 0.836. The van der Waals surface area contributed by atoms with Gasteiger partial charge in [0.15, 0.2) is 0 Å². The Hall–Kier alpha value is -2.04. The number of carbonyl (C=O) groups excluding carboxylic acids is 2. The lowest BCUT2D eigenvalue weighted by molar-refractivity contribution is -0.135. The van der Waals surface area contributed by atoms with E-state index >= 15 is 0 Å². The molecule has 27 heavy (non-hydrogen) atoms. The predicted octanol–water partition coefficient (Wildman–Crippen LogP) is 4.19. The van der Waals surface area contributed by atoms with E-state index in [4.69, 9.17) is 23.2 Å². The second-order valence-electron chi connectivity index (χ2n) is 7.10. The lowest BCUT2D eigenvalue weighted by Crippen LogP contribution is -2.37. The lowest BCUT2D eigenvalue weighted by atomic mass is 10.0. The first-order valence-corrected chi connectivity index (χ1v) is 9.88. The molecular formula is C21H20Cl2N2O2. The van der Waals surface area contributed by atoms with Crippen molar-refractivity contribution in [3.05, 3.63) is 69.7 Å². The van der Waals surface area contributed by atoms with Gasteiger partial charge >= 0.3 is 0 Å². The topological polar surface area (TPSA) is 49.4 Å². The monoisotopic (exact) mass is 402 g/mol. The van der Waals surface area contributed by atoms with Crippen LogP contribution in [0.3, 0.4) is 0 Å². The number of hydrogen-bond acceptors (Lipinski definition) is 2. The van der Waals surface area contributed by atoms with Crippen LogP contribution in [0, 0.1) is 5.92 Å². The number of amides is 2. The molecule has 1 aliphatic carbocycles. The van der Waals surface area contributed by atoms with Gasteiger partial charge in [0.1, 0.15) is 0 Å². The third kappa shape index (κ3) is 3.69. The highest BCUT2D eigenvalue weighted by Gasteiger charge is 2.48. The highest BCUT2D eigenvalue weighted by atomic mass is 35.5. The van der Waals surface area contributed by atoms with Crippen LogP contribution in [0.4, 0.5) is 0 Å². The van der Waals surface area contributed by atoms with Gasteiger partial charge in [-0.15, -0.1) is 0 Å². The maximum atomic E-state index is 13.3. The highest BCUT2D eigenvalue weighted by molar-refractivity contribution is 6.42. The van der Waals surface area contributed by atoms with E-state index in [0.29, 0.717) is 23.1 Å². The fourth-order valence-corrected chi connectivity index (χ4v) is 4.35. The van der Waals surface area contributed by atoms with E-state index in [1.807, 2.05) is 47.4 Å². The Morgan fingerprint density at radius 3 is 2.63 bits per heavy atom. The van der Waals surface area contributed by atoms with Crippen LogP contribution < -0.4 is 5.32 Å². The van der Waals surface area contributed by atoms with E-state index in [0.717, 1.165) is 17.5 Å². The van der Waals surface area contributed by atoms with Crippen LogP contribution in [0.2, 0.25) is 10.0 Å². The molecule has 4 rings (SSSR count). The molecule has 0 aromatic heterocycles. The Kier molecular flexibility index (Phi) is 5.11. The molecule has 1 aliphatic heterocycles. The second kappa shape index (κ2) is 7.53. The number of rotatable bonds is 3. The van der Waals surface area contributed by atoms with E-state index in [1.165, 1.54) is 0 Å². The standard InChI is InChI=1S/C21H20Cl2N2O2/c22-17-8-4-7-14(20(17)23)15-11-16(15)21(27)25-10-9-24-19(26)12-18(25)13-5-2-1-3-6-13/h1-8,15-16,18H,9-12H2,(H,24,26)/t15-,16-,18-/m1/s1. The maximum absolute atomic E-state index is 13.3. The van der Waals surface area contributed by atoms with Gasteiger partial charge < -0.3 is 10.2 Å². The first-order valence-electron chi connectivity index (χ1n) is 9.12. The second-order valence-corrected chi connectivity index (χ2v) is 7.89. The van der Waals surface area contributed by atoms with Crippen LogP contribution in [0.25, 0.3) is 0 Å². The van der Waals surface area contributed by atoms with Gasteiger partial charge in [0, 0.05) is 19.0 Å². The Labute approximate surface area is 168 Å². The van der Waals surface area contributed by atoms with Crippen LogP contribution in [0.15, 0.2) is 48.5 Å². The minimum Gasteiger partial charge on any atom is -0.354 e. The first-order chi connectivity index (χ1) is 13.1. The first kappa shape index (κ1) is 18.3. The van der Waals surface area contributed by atoms with Crippen molar-refractivity contribution in [3.63, 3.8) is 0 Å². The van der Waals surface area contributed by atoms with Crippen molar-refractivity contribution in [2.24, 2.45) is 5.92 Å². The molecule has 3 atom stereocenters. The van der Waals surface area contributed by atoms with E-state index < -0.39 is 0 Å². The fraction of sp³-hybridized carbons (Fsp3) is 0.333. The summed E-state index contributed by atoms with van der Waals surface area (Å²) >= 11 is 12.5. The van der Waals surface area contributed by atoms with Gasteiger partial charge in [-0.3, -0.25) is 9.59 Å². The Morgan fingerprint density at radius 1 is 1.07 bits per heavy atom. The molecular weight excluding hydrogens is 383 g/mol. The van der Waals surface area contributed by atoms with E-state index in [9.17, 15) is 9.59 Å². The average molecular weight is 403 g/mol. The molecule has 0 radical (unpaired) electrons. The van der Waals surface area contributed by atoms with Crippen LogP contribution in [-0.2, 0) is 9.59 Å². The summed E-state index contributed by atoms with van der Waals surface area (Å²) in [5, 5.41) is 3.92. The van der Waals surface area contributed by atoms with Crippen molar-refractivity contribution in [1.82, 2.24) is 10.2 Å². The molecule has 0 unspecified atom stereocenters. The zero-order chi connectivity index (χ0) is 19.0. The zero-order valence-electron chi connectivity index (χ0n) is 14.7. The molecule has 6 heteroatoms. The van der Waals surface area contributed by atoms with E-state index in [2.05, 4.69) is 5.32 Å².